The Balaban J connectivity index is 2.60. The highest BCUT2D eigenvalue weighted by Crippen LogP contribution is 2.09. The van der Waals surface area contributed by atoms with Crippen molar-refractivity contribution in [3.8, 4) is 11.5 Å². The van der Waals surface area contributed by atoms with Crippen LogP contribution >= 0.6 is 12.2 Å². The molecule has 0 saturated carbocycles. The molecule has 2 heterocycles. The van der Waals surface area contributed by atoms with Crippen molar-refractivity contribution in [2.45, 2.75) is 0 Å². The van der Waals surface area contributed by atoms with E-state index in [-0.39, 0.29) is 5.56 Å². The maximum absolute atomic E-state index is 10.8. The molecule has 2 aromatic heterocycles. The van der Waals surface area contributed by atoms with Gasteiger partial charge in [0.2, 0.25) is 0 Å². The second kappa shape index (κ2) is 3.18. The van der Waals surface area contributed by atoms with Gasteiger partial charge in [0.05, 0.1) is 0 Å². The van der Waals surface area contributed by atoms with Crippen LogP contribution in [0.25, 0.3) is 11.5 Å². The fourth-order valence-electron chi connectivity index (χ4n) is 1.05. The largest absolute Gasteiger partial charge is 0.302 e. The van der Waals surface area contributed by atoms with Crippen LogP contribution in [0.2, 0.25) is 0 Å². The Kier molecular flexibility index (Phi) is 2.01. The minimum absolute atomic E-state index is 0.245. The average molecular weight is 209 g/mol. The topological polar surface area (TPSA) is 79.4 Å². The minimum Gasteiger partial charge on any atom is -0.302 e. The number of aromatic amines is 2. The van der Waals surface area contributed by atoms with Gasteiger partial charge in [0.25, 0.3) is 5.56 Å². The molecule has 72 valence electrons. The standard InChI is InChI=1S/C7H7N5OS/c1-12-6(10-11-7(12)14)4-2-3-5(13)9-8-4/h2-3H,1H3,(H,9,13)(H,11,14). The van der Waals surface area contributed by atoms with Crippen molar-refractivity contribution in [1.29, 1.82) is 0 Å². The van der Waals surface area contributed by atoms with E-state index in [1.54, 1.807) is 17.7 Å². The molecule has 0 aliphatic carbocycles. The van der Waals surface area contributed by atoms with Crippen LogP contribution in [-0.4, -0.2) is 25.0 Å². The van der Waals surface area contributed by atoms with E-state index in [1.165, 1.54) is 6.07 Å². The predicted molar refractivity (Wildman–Crippen MR) is 52.2 cm³/mol. The maximum Gasteiger partial charge on any atom is 0.264 e. The lowest BCUT2D eigenvalue weighted by atomic mass is 10.4. The molecule has 0 atom stereocenters. The number of hydrogen-bond donors (Lipinski definition) is 2. The third-order valence-corrected chi connectivity index (χ3v) is 2.15. The quantitative estimate of drug-likeness (QED) is 0.659. The highest BCUT2D eigenvalue weighted by atomic mass is 32.1. The maximum atomic E-state index is 10.8. The van der Waals surface area contributed by atoms with Crippen molar-refractivity contribution in [1.82, 2.24) is 25.0 Å². The van der Waals surface area contributed by atoms with E-state index < -0.39 is 0 Å². The van der Waals surface area contributed by atoms with Crippen LogP contribution in [0.4, 0.5) is 0 Å². The van der Waals surface area contributed by atoms with Crippen LogP contribution in [0, 0.1) is 4.77 Å². The highest BCUT2D eigenvalue weighted by Gasteiger charge is 2.06. The molecule has 0 fully saturated rings. The van der Waals surface area contributed by atoms with Gasteiger partial charge in [0.1, 0.15) is 5.69 Å². The molecule has 0 radical (unpaired) electrons. The first-order valence-corrected chi connectivity index (χ1v) is 4.27. The van der Waals surface area contributed by atoms with E-state index in [4.69, 9.17) is 12.2 Å². The Labute approximate surface area is 83.6 Å². The smallest absolute Gasteiger partial charge is 0.264 e. The summed E-state index contributed by atoms with van der Waals surface area (Å²) >= 11 is 4.95. The van der Waals surface area contributed by atoms with Gasteiger partial charge < -0.3 is 4.57 Å². The van der Waals surface area contributed by atoms with Gasteiger partial charge in [-0.1, -0.05) is 0 Å². The van der Waals surface area contributed by atoms with Crippen LogP contribution in [0.5, 0.6) is 0 Å². The Hall–Kier alpha value is -1.76. The van der Waals surface area contributed by atoms with Crippen molar-refractivity contribution in [2.24, 2.45) is 7.05 Å². The molecule has 2 aromatic rings. The van der Waals surface area contributed by atoms with Crippen molar-refractivity contribution >= 4 is 12.2 Å². The lowest BCUT2D eigenvalue weighted by molar-refractivity contribution is 0.884. The van der Waals surface area contributed by atoms with Gasteiger partial charge in [-0.2, -0.15) is 10.2 Å². The molecular weight excluding hydrogens is 202 g/mol. The van der Waals surface area contributed by atoms with Gasteiger partial charge in [-0.05, 0) is 18.3 Å². The molecule has 7 heteroatoms. The molecule has 0 aliphatic heterocycles. The molecule has 0 aliphatic rings. The molecular formula is C7H7N5OS. The zero-order chi connectivity index (χ0) is 10.1. The molecule has 0 bridgehead atoms. The van der Waals surface area contributed by atoms with Crippen LogP contribution in [0.1, 0.15) is 0 Å². The van der Waals surface area contributed by atoms with Crippen LogP contribution < -0.4 is 5.56 Å². The summed E-state index contributed by atoms with van der Waals surface area (Å²) in [5, 5.41) is 12.8. The number of hydrogen-bond acceptors (Lipinski definition) is 4. The summed E-state index contributed by atoms with van der Waals surface area (Å²) in [6.45, 7) is 0. The molecule has 0 spiro atoms. The molecule has 0 unspecified atom stereocenters. The molecule has 0 amide bonds. The number of rotatable bonds is 1. The third-order valence-electron chi connectivity index (χ3n) is 1.79. The minimum atomic E-state index is -0.245. The summed E-state index contributed by atoms with van der Waals surface area (Å²) in [6, 6.07) is 2.98. The molecule has 0 aromatic carbocycles. The zero-order valence-electron chi connectivity index (χ0n) is 7.31. The van der Waals surface area contributed by atoms with Gasteiger partial charge in [-0.25, -0.2) is 5.10 Å². The van der Waals surface area contributed by atoms with Crippen molar-refractivity contribution in [3.05, 3.63) is 27.3 Å². The number of nitrogens with zero attached hydrogens (tertiary/aromatic N) is 3. The van der Waals surface area contributed by atoms with E-state index in [1.807, 2.05) is 0 Å². The lowest BCUT2D eigenvalue weighted by Gasteiger charge is -1.96. The molecule has 14 heavy (non-hydrogen) atoms. The first kappa shape index (κ1) is 8.82. The SMILES string of the molecule is Cn1c(-c2ccc(=O)[nH]n2)n[nH]c1=S. The zero-order valence-corrected chi connectivity index (χ0v) is 8.13. The average Bonchev–Trinajstić information content (AvgIpc) is 2.50. The van der Waals surface area contributed by atoms with Gasteiger partial charge in [-0.3, -0.25) is 9.89 Å². The Morgan fingerprint density at radius 2 is 2.14 bits per heavy atom. The normalized spacial score (nSPS) is 10.4. The predicted octanol–water partition coefficient (Wildman–Crippen LogP) is 0.228. The van der Waals surface area contributed by atoms with E-state index >= 15 is 0 Å². The monoisotopic (exact) mass is 209 g/mol. The summed E-state index contributed by atoms with van der Waals surface area (Å²) < 4.78 is 2.18. The second-order valence-corrected chi connectivity index (χ2v) is 3.10. The van der Waals surface area contributed by atoms with Crippen molar-refractivity contribution < 1.29 is 0 Å². The second-order valence-electron chi connectivity index (χ2n) is 2.72. The Bertz CT molecular complexity index is 545. The number of aromatic nitrogens is 5. The van der Waals surface area contributed by atoms with E-state index in [9.17, 15) is 4.79 Å². The number of nitrogens with one attached hydrogen (secondary N) is 2. The van der Waals surface area contributed by atoms with Gasteiger partial charge in [0, 0.05) is 13.1 Å². The first-order chi connectivity index (χ1) is 6.68. The summed E-state index contributed by atoms with van der Waals surface area (Å²) in [4.78, 5) is 10.8. The first-order valence-electron chi connectivity index (χ1n) is 3.86. The highest BCUT2D eigenvalue weighted by molar-refractivity contribution is 7.71. The van der Waals surface area contributed by atoms with Gasteiger partial charge >= 0.3 is 0 Å². The Morgan fingerprint density at radius 1 is 1.36 bits per heavy atom. The van der Waals surface area contributed by atoms with Crippen molar-refractivity contribution in [3.63, 3.8) is 0 Å². The van der Waals surface area contributed by atoms with Crippen LogP contribution in [-0.2, 0) is 7.05 Å². The molecule has 2 N–H and O–H groups in total. The van der Waals surface area contributed by atoms with E-state index in [2.05, 4.69) is 20.4 Å². The Morgan fingerprint density at radius 3 is 2.64 bits per heavy atom. The summed E-state index contributed by atoms with van der Waals surface area (Å²) in [5.74, 6) is 0.589. The molecule has 0 saturated heterocycles. The summed E-state index contributed by atoms with van der Waals surface area (Å²) in [6.07, 6.45) is 0. The summed E-state index contributed by atoms with van der Waals surface area (Å²) in [5.41, 5.74) is 0.324. The van der Waals surface area contributed by atoms with Gasteiger partial charge in [-0.15, -0.1) is 0 Å². The van der Waals surface area contributed by atoms with Crippen LogP contribution in [0.3, 0.4) is 0 Å². The summed E-state index contributed by atoms with van der Waals surface area (Å²) in [7, 11) is 1.77. The lowest BCUT2D eigenvalue weighted by Crippen LogP contribution is -2.07. The van der Waals surface area contributed by atoms with Gasteiger partial charge in [0.15, 0.2) is 10.6 Å². The van der Waals surface area contributed by atoms with Crippen molar-refractivity contribution in [2.75, 3.05) is 0 Å². The van der Waals surface area contributed by atoms with E-state index in [0.717, 1.165) is 0 Å². The molecule has 6 nitrogen and oxygen atoms in total. The molecule has 2 rings (SSSR count). The fraction of sp³-hybridized carbons (Fsp3) is 0.143. The fourth-order valence-corrected chi connectivity index (χ4v) is 1.18. The number of H-pyrrole nitrogens is 2. The van der Waals surface area contributed by atoms with Crippen LogP contribution in [0.15, 0.2) is 16.9 Å². The van der Waals surface area contributed by atoms with E-state index in [0.29, 0.717) is 16.3 Å². The third kappa shape index (κ3) is 1.37.